The van der Waals surface area contributed by atoms with Crippen LogP contribution < -0.4 is 4.74 Å². The fourth-order valence-electron chi connectivity index (χ4n) is 0.545. The van der Waals surface area contributed by atoms with Crippen LogP contribution in [0.15, 0.2) is 0 Å². The molecule has 0 saturated heterocycles. The molecule has 0 saturated carbocycles. The number of carboxylic acid groups (broad SMARTS) is 1. The van der Waals surface area contributed by atoms with Gasteiger partial charge in [0.15, 0.2) is 10.3 Å². The first kappa shape index (κ1) is 10.3. The minimum Gasteiger partial charge on any atom is -0.449 e. The Labute approximate surface area is 87.2 Å². The maximum atomic E-state index is 10.1. The van der Waals surface area contributed by atoms with Crippen LogP contribution in [0.5, 0.6) is 5.75 Å². The lowest BCUT2D eigenvalue weighted by atomic mass is 10.6. The first-order chi connectivity index (χ1) is 6.00. The van der Waals surface area contributed by atoms with Gasteiger partial charge in [0.2, 0.25) is 11.0 Å². The van der Waals surface area contributed by atoms with E-state index in [0.29, 0.717) is 0 Å². The van der Waals surface area contributed by atoms with E-state index in [1.54, 1.807) is 0 Å². The van der Waals surface area contributed by atoms with E-state index in [9.17, 15) is 4.79 Å². The molecule has 1 heterocycles. The predicted octanol–water partition coefficient (Wildman–Crippen LogP) is 2.49. The van der Waals surface area contributed by atoms with E-state index in [1.165, 1.54) is 0 Å². The van der Waals surface area contributed by atoms with Crippen molar-refractivity contribution < 1.29 is 14.6 Å². The van der Waals surface area contributed by atoms with Crippen molar-refractivity contribution >= 4 is 41.0 Å². The molecule has 70 valence electrons. The van der Waals surface area contributed by atoms with E-state index < -0.39 is 6.16 Å². The average molecular weight is 243 g/mol. The number of ether oxygens (including phenoxy) is 1. The van der Waals surface area contributed by atoms with E-state index >= 15 is 0 Å². The Bertz CT molecular complexity index is 334. The predicted molar refractivity (Wildman–Crippen MR) is 45.7 cm³/mol. The molecule has 1 aromatic heterocycles. The monoisotopic (exact) mass is 242 g/mol. The van der Waals surface area contributed by atoms with Crippen LogP contribution in [0.3, 0.4) is 0 Å². The summed E-state index contributed by atoms with van der Waals surface area (Å²) < 4.78 is 4.20. The second-order valence-corrected chi connectivity index (χ2v) is 2.83. The summed E-state index contributed by atoms with van der Waals surface area (Å²) in [6.45, 7) is 0. The minimum atomic E-state index is -1.56. The van der Waals surface area contributed by atoms with Gasteiger partial charge in [0.05, 0.1) is 0 Å². The first-order valence-electron chi connectivity index (χ1n) is 2.80. The third kappa shape index (κ3) is 2.58. The van der Waals surface area contributed by atoms with Gasteiger partial charge in [-0.05, 0) is 11.6 Å². The SMILES string of the molecule is O=C(O)Oc1c(Cl)nc(Cl)nc1Cl. The van der Waals surface area contributed by atoms with Crippen molar-refractivity contribution in [2.75, 3.05) is 0 Å². The van der Waals surface area contributed by atoms with Crippen LogP contribution in [0.2, 0.25) is 15.6 Å². The molecule has 0 fully saturated rings. The molecule has 0 spiro atoms. The van der Waals surface area contributed by atoms with Gasteiger partial charge >= 0.3 is 6.16 Å². The Morgan fingerprint density at radius 3 is 2.08 bits per heavy atom. The summed E-state index contributed by atoms with van der Waals surface area (Å²) in [5, 5.41) is 7.56. The summed E-state index contributed by atoms with van der Waals surface area (Å²) >= 11 is 16.3. The second kappa shape index (κ2) is 3.95. The quantitative estimate of drug-likeness (QED) is 0.466. The number of hydrogen-bond donors (Lipinski definition) is 1. The summed E-state index contributed by atoms with van der Waals surface area (Å²) in [5.74, 6) is -0.333. The minimum absolute atomic E-state index is 0.187. The lowest BCUT2D eigenvalue weighted by molar-refractivity contribution is 0.144. The van der Waals surface area contributed by atoms with Crippen LogP contribution in [0.4, 0.5) is 4.79 Å². The largest absolute Gasteiger partial charge is 0.511 e. The molecule has 0 atom stereocenters. The standard InChI is InChI=1S/C5HCl3N2O3/c6-2-1(13-5(11)12)3(7)10-4(8)9-2/h(H,11,12). The van der Waals surface area contributed by atoms with E-state index in [4.69, 9.17) is 39.9 Å². The number of rotatable bonds is 1. The van der Waals surface area contributed by atoms with Crippen LogP contribution in [0.1, 0.15) is 0 Å². The Balaban J connectivity index is 3.13. The fourth-order valence-corrected chi connectivity index (χ4v) is 1.27. The van der Waals surface area contributed by atoms with Crippen LogP contribution in [-0.2, 0) is 0 Å². The molecule has 0 aliphatic rings. The van der Waals surface area contributed by atoms with Gasteiger partial charge < -0.3 is 9.84 Å². The molecule has 0 amide bonds. The molecule has 0 aliphatic heterocycles. The molecule has 1 N–H and O–H groups in total. The third-order valence-corrected chi connectivity index (χ3v) is 1.63. The van der Waals surface area contributed by atoms with E-state index in [1.807, 2.05) is 0 Å². The van der Waals surface area contributed by atoms with E-state index in [-0.39, 0.29) is 21.3 Å². The summed E-state index contributed by atoms with van der Waals surface area (Å²) in [7, 11) is 0. The van der Waals surface area contributed by atoms with Crippen molar-refractivity contribution in [1.29, 1.82) is 0 Å². The van der Waals surface area contributed by atoms with Gasteiger partial charge in [0.1, 0.15) is 0 Å². The highest BCUT2D eigenvalue weighted by Crippen LogP contribution is 2.30. The number of carbonyl (C=O) groups is 1. The average Bonchev–Trinajstić information content (AvgIpc) is 1.96. The van der Waals surface area contributed by atoms with Crippen molar-refractivity contribution in [3.05, 3.63) is 15.6 Å². The molecule has 0 bridgehead atoms. The smallest absolute Gasteiger partial charge is 0.449 e. The van der Waals surface area contributed by atoms with Crippen LogP contribution in [0.25, 0.3) is 0 Å². The molecule has 1 aromatic rings. The van der Waals surface area contributed by atoms with E-state index in [2.05, 4.69) is 14.7 Å². The number of hydrogen-bond acceptors (Lipinski definition) is 4. The van der Waals surface area contributed by atoms with Crippen molar-refractivity contribution in [2.45, 2.75) is 0 Å². The van der Waals surface area contributed by atoms with Gasteiger partial charge in [0, 0.05) is 0 Å². The van der Waals surface area contributed by atoms with Gasteiger partial charge in [-0.1, -0.05) is 23.2 Å². The highest BCUT2D eigenvalue weighted by molar-refractivity contribution is 6.37. The number of nitrogens with zero attached hydrogens (tertiary/aromatic N) is 2. The molecule has 1 rings (SSSR count). The summed E-state index contributed by atoms with van der Waals surface area (Å²) in [6.07, 6.45) is -1.56. The topological polar surface area (TPSA) is 72.3 Å². The van der Waals surface area contributed by atoms with Crippen molar-refractivity contribution in [1.82, 2.24) is 9.97 Å². The lowest BCUT2D eigenvalue weighted by Crippen LogP contribution is -2.05. The van der Waals surface area contributed by atoms with E-state index in [0.717, 1.165) is 0 Å². The molecule has 0 aliphatic carbocycles. The Morgan fingerprint density at radius 1 is 1.23 bits per heavy atom. The summed E-state index contributed by atoms with van der Waals surface area (Å²) in [5.41, 5.74) is 0. The van der Waals surface area contributed by atoms with Gasteiger partial charge in [-0.15, -0.1) is 0 Å². The number of halogens is 3. The zero-order chi connectivity index (χ0) is 10.0. The molecular formula is C5HCl3N2O3. The molecule has 5 nitrogen and oxygen atoms in total. The van der Waals surface area contributed by atoms with Crippen LogP contribution >= 0.6 is 34.8 Å². The molecular weight excluding hydrogens is 242 g/mol. The third-order valence-electron chi connectivity index (χ3n) is 0.945. The van der Waals surface area contributed by atoms with Crippen molar-refractivity contribution in [2.24, 2.45) is 0 Å². The summed E-state index contributed by atoms with van der Waals surface area (Å²) in [6, 6.07) is 0. The fraction of sp³-hybridized carbons (Fsp3) is 0. The van der Waals surface area contributed by atoms with Gasteiger partial charge in [-0.2, -0.15) is 0 Å². The highest BCUT2D eigenvalue weighted by atomic mass is 35.5. The molecule has 13 heavy (non-hydrogen) atoms. The molecule has 8 heteroatoms. The Kier molecular flexibility index (Phi) is 3.13. The van der Waals surface area contributed by atoms with Gasteiger partial charge in [-0.3, -0.25) is 0 Å². The molecule has 0 unspecified atom stereocenters. The zero-order valence-corrected chi connectivity index (χ0v) is 8.06. The van der Waals surface area contributed by atoms with Crippen molar-refractivity contribution in [3.8, 4) is 5.75 Å². The zero-order valence-electron chi connectivity index (χ0n) is 5.79. The molecule has 0 radical (unpaired) electrons. The van der Waals surface area contributed by atoms with Crippen LogP contribution in [0, 0.1) is 0 Å². The normalized spacial score (nSPS) is 9.77. The van der Waals surface area contributed by atoms with Gasteiger partial charge in [-0.25, -0.2) is 14.8 Å². The molecule has 0 aromatic carbocycles. The van der Waals surface area contributed by atoms with Crippen molar-refractivity contribution in [3.63, 3.8) is 0 Å². The summed E-state index contributed by atoms with van der Waals surface area (Å²) in [4.78, 5) is 17.0. The second-order valence-electron chi connectivity index (χ2n) is 1.77. The number of aromatic nitrogens is 2. The highest BCUT2D eigenvalue weighted by Gasteiger charge is 2.15. The maximum absolute atomic E-state index is 10.1. The van der Waals surface area contributed by atoms with Crippen LogP contribution in [-0.4, -0.2) is 21.2 Å². The lowest BCUT2D eigenvalue weighted by Gasteiger charge is -2.02. The Morgan fingerprint density at radius 2 is 1.69 bits per heavy atom. The first-order valence-corrected chi connectivity index (χ1v) is 3.93. The Hall–Kier alpha value is -0.780. The maximum Gasteiger partial charge on any atom is 0.511 e. The van der Waals surface area contributed by atoms with Gasteiger partial charge in [0.25, 0.3) is 0 Å².